The van der Waals surface area contributed by atoms with Crippen LogP contribution in [-0.4, -0.2) is 37.0 Å². The van der Waals surface area contributed by atoms with Gasteiger partial charge >= 0.3 is 11.9 Å². The van der Waals surface area contributed by atoms with Gasteiger partial charge in [-0.05, 0) is 64.9 Å². The zero-order valence-electron chi connectivity index (χ0n) is 21.9. The van der Waals surface area contributed by atoms with E-state index < -0.39 is 23.8 Å². The van der Waals surface area contributed by atoms with Gasteiger partial charge in [0.1, 0.15) is 17.8 Å². The van der Waals surface area contributed by atoms with Crippen LogP contribution in [0.4, 0.5) is 0 Å². The number of carbonyl (C=O) groups is 3. The van der Waals surface area contributed by atoms with Gasteiger partial charge in [-0.2, -0.15) is 0 Å². The van der Waals surface area contributed by atoms with E-state index in [2.05, 4.69) is 5.32 Å². The van der Waals surface area contributed by atoms with Crippen LogP contribution >= 0.6 is 0 Å². The van der Waals surface area contributed by atoms with E-state index in [-0.39, 0.29) is 23.9 Å². The Labute approximate surface area is 213 Å². The fraction of sp³-hybridized carbons (Fsp3) is 0.552. The summed E-state index contributed by atoms with van der Waals surface area (Å²) in [6.07, 6.45) is 5.17. The van der Waals surface area contributed by atoms with Crippen LogP contribution in [0.2, 0.25) is 0 Å². The standard InChI is InChI=1S/C29H37NO6/c1-16(2)35-22-14-10-9-13-20(22)25-24(29(33)36-19-11-7-6-8-12-19)18(4)30-21-15-17(3)23(28(32)34-5)27(31)26(21)25/h9-10,13-14,16-17,19,23,25,30H,6-8,11-12,15H2,1-5H3. The molecule has 1 N–H and O–H groups in total. The molecule has 4 rings (SSSR count). The average molecular weight is 496 g/mol. The molecule has 3 unspecified atom stereocenters. The minimum Gasteiger partial charge on any atom is -0.491 e. The molecule has 7 nitrogen and oxygen atoms in total. The van der Waals surface area contributed by atoms with Gasteiger partial charge in [0.25, 0.3) is 0 Å². The number of rotatable bonds is 6. The molecule has 36 heavy (non-hydrogen) atoms. The van der Waals surface area contributed by atoms with Crippen LogP contribution in [0.3, 0.4) is 0 Å². The number of ketones is 1. The van der Waals surface area contributed by atoms with E-state index in [1.165, 1.54) is 7.11 Å². The maximum atomic E-state index is 13.9. The van der Waals surface area contributed by atoms with Crippen molar-refractivity contribution in [3.8, 4) is 5.75 Å². The van der Waals surface area contributed by atoms with Crippen LogP contribution in [0.1, 0.15) is 77.7 Å². The Hall–Kier alpha value is -3.09. The van der Waals surface area contributed by atoms with E-state index in [1.54, 1.807) is 0 Å². The van der Waals surface area contributed by atoms with E-state index in [0.717, 1.165) is 37.8 Å². The normalized spacial score (nSPS) is 24.8. The van der Waals surface area contributed by atoms with Crippen molar-refractivity contribution in [1.82, 2.24) is 5.32 Å². The highest BCUT2D eigenvalue weighted by molar-refractivity contribution is 6.12. The maximum absolute atomic E-state index is 13.9. The second-order valence-electron chi connectivity index (χ2n) is 10.4. The molecule has 7 heteroatoms. The molecule has 1 saturated carbocycles. The number of esters is 2. The minimum absolute atomic E-state index is 0.103. The number of carbonyl (C=O) groups excluding carboxylic acids is 3. The second-order valence-corrected chi connectivity index (χ2v) is 10.4. The van der Waals surface area contributed by atoms with Crippen LogP contribution in [-0.2, 0) is 23.9 Å². The third-order valence-electron chi connectivity index (χ3n) is 7.38. The van der Waals surface area contributed by atoms with E-state index in [4.69, 9.17) is 14.2 Å². The third kappa shape index (κ3) is 5.06. The van der Waals surface area contributed by atoms with Gasteiger partial charge in [-0.15, -0.1) is 0 Å². The highest BCUT2D eigenvalue weighted by Gasteiger charge is 2.48. The molecular weight excluding hydrogens is 458 g/mol. The van der Waals surface area contributed by atoms with Gasteiger partial charge in [0.2, 0.25) is 0 Å². The first-order chi connectivity index (χ1) is 17.2. The molecule has 0 radical (unpaired) electrons. The Morgan fingerprint density at radius 2 is 1.78 bits per heavy atom. The number of allylic oxidation sites excluding steroid dienone is 3. The van der Waals surface area contributed by atoms with Crippen LogP contribution in [0.15, 0.2) is 46.8 Å². The van der Waals surface area contributed by atoms with Gasteiger partial charge in [0.05, 0.1) is 24.7 Å². The van der Waals surface area contributed by atoms with Crippen molar-refractivity contribution in [2.45, 2.75) is 84.3 Å². The Morgan fingerprint density at radius 3 is 2.44 bits per heavy atom. The predicted molar refractivity (Wildman–Crippen MR) is 135 cm³/mol. The molecule has 1 fully saturated rings. The number of Topliss-reactive ketones (excluding diaryl/α,β-unsaturated/α-hetero) is 1. The van der Waals surface area contributed by atoms with Crippen molar-refractivity contribution in [1.29, 1.82) is 0 Å². The summed E-state index contributed by atoms with van der Waals surface area (Å²) >= 11 is 0. The molecule has 3 atom stereocenters. The quantitative estimate of drug-likeness (QED) is 0.440. The molecule has 0 amide bonds. The fourth-order valence-electron chi connectivity index (χ4n) is 5.74. The van der Waals surface area contributed by atoms with Gasteiger partial charge < -0.3 is 19.5 Å². The summed E-state index contributed by atoms with van der Waals surface area (Å²) in [7, 11) is 1.30. The van der Waals surface area contributed by atoms with Gasteiger partial charge in [-0.1, -0.05) is 31.5 Å². The largest absolute Gasteiger partial charge is 0.491 e. The lowest BCUT2D eigenvalue weighted by Crippen LogP contribution is -2.43. The molecule has 2 aliphatic carbocycles. The van der Waals surface area contributed by atoms with Crippen LogP contribution < -0.4 is 10.1 Å². The molecule has 1 aromatic rings. The summed E-state index contributed by atoms with van der Waals surface area (Å²) in [5, 5.41) is 3.33. The molecule has 1 heterocycles. The number of hydrogen-bond acceptors (Lipinski definition) is 7. The van der Waals surface area contributed by atoms with Crippen molar-refractivity contribution in [2.75, 3.05) is 7.11 Å². The number of benzene rings is 1. The summed E-state index contributed by atoms with van der Waals surface area (Å²) < 4.78 is 17.1. The van der Waals surface area contributed by atoms with Crippen LogP contribution in [0.5, 0.6) is 5.75 Å². The van der Waals surface area contributed by atoms with Crippen LogP contribution in [0, 0.1) is 11.8 Å². The molecule has 1 aromatic carbocycles. The number of dihydropyridines is 1. The molecule has 0 spiro atoms. The topological polar surface area (TPSA) is 90.9 Å². The first-order valence-corrected chi connectivity index (χ1v) is 13.0. The highest BCUT2D eigenvalue weighted by atomic mass is 16.5. The number of methoxy groups -OCH3 is 1. The second kappa shape index (κ2) is 10.9. The molecule has 3 aliphatic rings. The lowest BCUT2D eigenvalue weighted by molar-refractivity contribution is -0.151. The van der Waals surface area contributed by atoms with E-state index in [0.29, 0.717) is 34.6 Å². The zero-order valence-corrected chi connectivity index (χ0v) is 21.9. The summed E-state index contributed by atoms with van der Waals surface area (Å²) in [5.74, 6) is -2.57. The van der Waals surface area contributed by atoms with Crippen molar-refractivity contribution in [2.24, 2.45) is 11.8 Å². The monoisotopic (exact) mass is 495 g/mol. The number of para-hydroxylation sites is 1. The van der Waals surface area contributed by atoms with E-state index in [9.17, 15) is 14.4 Å². The van der Waals surface area contributed by atoms with Crippen molar-refractivity contribution in [3.63, 3.8) is 0 Å². The fourth-order valence-corrected chi connectivity index (χ4v) is 5.74. The molecule has 0 saturated heterocycles. The van der Waals surface area contributed by atoms with Gasteiger partial charge in [-0.3, -0.25) is 9.59 Å². The smallest absolute Gasteiger partial charge is 0.337 e. The van der Waals surface area contributed by atoms with E-state index >= 15 is 0 Å². The predicted octanol–water partition coefficient (Wildman–Crippen LogP) is 4.96. The third-order valence-corrected chi connectivity index (χ3v) is 7.38. The number of hydrogen-bond donors (Lipinski definition) is 1. The van der Waals surface area contributed by atoms with Crippen LogP contribution in [0.25, 0.3) is 0 Å². The minimum atomic E-state index is -0.926. The zero-order chi connectivity index (χ0) is 26.0. The first-order valence-electron chi connectivity index (χ1n) is 13.0. The summed E-state index contributed by atoms with van der Waals surface area (Å²) in [4.78, 5) is 40.3. The lowest BCUT2D eigenvalue weighted by atomic mass is 9.69. The van der Waals surface area contributed by atoms with Crippen molar-refractivity contribution < 1.29 is 28.6 Å². The van der Waals surface area contributed by atoms with E-state index in [1.807, 2.05) is 52.0 Å². The highest BCUT2D eigenvalue weighted by Crippen LogP contribution is 2.48. The average Bonchev–Trinajstić information content (AvgIpc) is 2.83. The Morgan fingerprint density at radius 1 is 1.08 bits per heavy atom. The Balaban J connectivity index is 1.83. The molecule has 1 aliphatic heterocycles. The Kier molecular flexibility index (Phi) is 7.86. The van der Waals surface area contributed by atoms with Crippen molar-refractivity contribution >= 4 is 17.7 Å². The molecule has 0 aromatic heterocycles. The molecular formula is C29H37NO6. The molecule has 194 valence electrons. The summed E-state index contributed by atoms with van der Waals surface area (Å²) in [5.41, 5.74) is 2.93. The van der Waals surface area contributed by atoms with Gasteiger partial charge in [0, 0.05) is 22.5 Å². The van der Waals surface area contributed by atoms with Gasteiger partial charge in [-0.25, -0.2) is 4.79 Å². The van der Waals surface area contributed by atoms with Gasteiger partial charge in [0.15, 0.2) is 5.78 Å². The Bertz CT molecular complexity index is 1090. The number of nitrogens with one attached hydrogen (secondary N) is 1. The summed E-state index contributed by atoms with van der Waals surface area (Å²) in [6.45, 7) is 7.59. The summed E-state index contributed by atoms with van der Waals surface area (Å²) in [6, 6.07) is 7.48. The maximum Gasteiger partial charge on any atom is 0.337 e. The van der Waals surface area contributed by atoms with Crippen molar-refractivity contribution in [3.05, 3.63) is 52.4 Å². The molecule has 0 bridgehead atoms. The number of ether oxygens (including phenoxy) is 3. The SMILES string of the molecule is COC(=O)C1C(=O)C2=C(CC1C)NC(C)=C(C(=O)OC1CCCCC1)C2c1ccccc1OC(C)C. The lowest BCUT2D eigenvalue weighted by Gasteiger charge is -2.39. The first kappa shape index (κ1) is 26.0.